The lowest BCUT2D eigenvalue weighted by Crippen LogP contribution is -2.16. The maximum absolute atomic E-state index is 8.48. The molecule has 0 heterocycles. The van der Waals surface area contributed by atoms with E-state index in [1.807, 2.05) is 24.3 Å². The number of allylic oxidation sites excluding steroid dienone is 3. The minimum Gasteiger partial charge on any atom is -0.396 e. The van der Waals surface area contributed by atoms with Crippen LogP contribution in [0.5, 0.6) is 0 Å². The maximum atomic E-state index is 8.48. The highest BCUT2D eigenvalue weighted by Crippen LogP contribution is 1.95. The first kappa shape index (κ1) is 12.2. The van der Waals surface area contributed by atoms with E-state index in [0.717, 1.165) is 0 Å². The Labute approximate surface area is 82.2 Å². The fraction of sp³-hybridized carbons (Fsp3) is 0.455. The van der Waals surface area contributed by atoms with E-state index in [-0.39, 0.29) is 6.61 Å². The Kier molecular flexibility index (Phi) is 6.30. The molecule has 0 fully saturated rings. The molecule has 0 unspecified atom stereocenters. The van der Waals surface area contributed by atoms with Crippen LogP contribution in [-0.2, 0) is 0 Å². The Hall–Kier alpha value is -0.783. The number of aliphatic hydroxyl groups is 1. The second kappa shape index (κ2) is 6.70. The molecule has 2 heteroatoms. The zero-order valence-electron chi connectivity index (χ0n) is 8.67. The molecule has 72 valence electrons. The predicted molar refractivity (Wildman–Crippen MR) is 61.1 cm³/mol. The normalized spacial score (nSPS) is 12.0. The van der Waals surface area contributed by atoms with Gasteiger partial charge in [-0.15, -0.1) is 5.54 Å². The van der Waals surface area contributed by atoms with Gasteiger partial charge >= 0.3 is 0 Å². The number of rotatable bonds is 3. The molecule has 0 saturated carbocycles. The van der Waals surface area contributed by atoms with Crippen LogP contribution < -0.4 is 0 Å². The third kappa shape index (κ3) is 11.2. The van der Waals surface area contributed by atoms with Crippen molar-refractivity contribution >= 4 is 8.07 Å². The molecule has 0 aliphatic carbocycles. The Morgan fingerprint density at radius 3 is 2.46 bits per heavy atom. The van der Waals surface area contributed by atoms with E-state index in [1.165, 1.54) is 0 Å². The van der Waals surface area contributed by atoms with E-state index in [1.54, 1.807) is 0 Å². The van der Waals surface area contributed by atoms with Crippen LogP contribution in [0.2, 0.25) is 19.6 Å². The Bertz CT molecular complexity index is 235. The fourth-order valence-electron chi connectivity index (χ4n) is 0.611. The highest BCUT2D eigenvalue weighted by molar-refractivity contribution is 6.83. The van der Waals surface area contributed by atoms with E-state index < -0.39 is 8.07 Å². The molecular formula is C11H18OSi. The van der Waals surface area contributed by atoms with E-state index >= 15 is 0 Å². The molecule has 0 aromatic heterocycles. The lowest BCUT2D eigenvalue weighted by atomic mass is 10.4. The van der Waals surface area contributed by atoms with Crippen LogP contribution in [-0.4, -0.2) is 19.8 Å². The SMILES string of the molecule is C[Si](C)(C)C#C/C=C/C=C/CCO. The summed E-state index contributed by atoms with van der Waals surface area (Å²) in [4.78, 5) is 0. The summed E-state index contributed by atoms with van der Waals surface area (Å²) in [5, 5.41) is 8.48. The van der Waals surface area contributed by atoms with Crippen LogP contribution in [0, 0.1) is 11.5 Å². The van der Waals surface area contributed by atoms with Gasteiger partial charge in [0.15, 0.2) is 0 Å². The lowest BCUT2D eigenvalue weighted by Gasteiger charge is -2.01. The van der Waals surface area contributed by atoms with Gasteiger partial charge in [0.05, 0.1) is 0 Å². The molecule has 0 atom stereocenters. The van der Waals surface area contributed by atoms with Crippen molar-refractivity contribution in [2.24, 2.45) is 0 Å². The molecule has 13 heavy (non-hydrogen) atoms. The molecular weight excluding hydrogens is 176 g/mol. The van der Waals surface area contributed by atoms with Crippen LogP contribution in [0.15, 0.2) is 24.3 Å². The average molecular weight is 194 g/mol. The molecule has 0 aromatic carbocycles. The molecule has 0 bridgehead atoms. The van der Waals surface area contributed by atoms with Gasteiger partial charge in [-0.3, -0.25) is 0 Å². The largest absolute Gasteiger partial charge is 0.396 e. The highest BCUT2D eigenvalue weighted by atomic mass is 28.3. The molecule has 1 N–H and O–H groups in total. The van der Waals surface area contributed by atoms with Crippen LogP contribution in [0.1, 0.15) is 6.42 Å². The van der Waals surface area contributed by atoms with Gasteiger partial charge in [0.25, 0.3) is 0 Å². The van der Waals surface area contributed by atoms with Gasteiger partial charge in [0.1, 0.15) is 8.07 Å². The summed E-state index contributed by atoms with van der Waals surface area (Å²) in [5.41, 5.74) is 3.23. The Balaban J connectivity index is 3.79. The van der Waals surface area contributed by atoms with Crippen LogP contribution in [0.4, 0.5) is 0 Å². The minimum atomic E-state index is -1.21. The van der Waals surface area contributed by atoms with E-state index in [0.29, 0.717) is 6.42 Å². The average Bonchev–Trinajstić information content (AvgIpc) is 2.01. The zero-order valence-corrected chi connectivity index (χ0v) is 9.67. The van der Waals surface area contributed by atoms with Crippen molar-refractivity contribution < 1.29 is 5.11 Å². The van der Waals surface area contributed by atoms with Gasteiger partial charge < -0.3 is 5.11 Å². The molecule has 0 aliphatic rings. The summed E-state index contributed by atoms with van der Waals surface area (Å²) in [6, 6.07) is 0. The first-order valence-corrected chi connectivity index (χ1v) is 8.01. The smallest absolute Gasteiger partial charge is 0.129 e. The number of aliphatic hydroxyl groups excluding tert-OH is 1. The minimum absolute atomic E-state index is 0.213. The highest BCUT2D eigenvalue weighted by Gasteiger charge is 2.06. The van der Waals surface area contributed by atoms with Crippen molar-refractivity contribution in [3.05, 3.63) is 24.3 Å². The van der Waals surface area contributed by atoms with Gasteiger partial charge in [-0.2, -0.15) is 0 Å². The molecule has 0 saturated heterocycles. The van der Waals surface area contributed by atoms with Gasteiger partial charge in [-0.25, -0.2) is 0 Å². The summed E-state index contributed by atoms with van der Waals surface area (Å²) >= 11 is 0. The third-order valence-corrected chi connectivity index (χ3v) is 2.06. The first-order valence-electron chi connectivity index (χ1n) is 4.51. The quantitative estimate of drug-likeness (QED) is 0.415. The van der Waals surface area contributed by atoms with Gasteiger partial charge in [-0.05, 0) is 12.5 Å². The summed E-state index contributed by atoms with van der Waals surface area (Å²) < 4.78 is 0. The van der Waals surface area contributed by atoms with Crippen LogP contribution in [0.25, 0.3) is 0 Å². The fourth-order valence-corrected chi connectivity index (χ4v) is 1.13. The van der Waals surface area contributed by atoms with Crippen molar-refractivity contribution in [2.45, 2.75) is 26.1 Å². The van der Waals surface area contributed by atoms with Crippen LogP contribution in [0.3, 0.4) is 0 Å². The second-order valence-corrected chi connectivity index (χ2v) is 8.57. The molecule has 0 aliphatic heterocycles. The van der Waals surface area contributed by atoms with Crippen molar-refractivity contribution in [3.8, 4) is 11.5 Å². The van der Waals surface area contributed by atoms with Gasteiger partial charge in [0.2, 0.25) is 0 Å². The molecule has 0 aromatic rings. The monoisotopic (exact) mass is 194 g/mol. The second-order valence-electron chi connectivity index (χ2n) is 3.82. The molecule has 0 radical (unpaired) electrons. The van der Waals surface area contributed by atoms with Crippen molar-refractivity contribution in [3.63, 3.8) is 0 Å². The third-order valence-electron chi connectivity index (χ3n) is 1.17. The Morgan fingerprint density at radius 2 is 1.92 bits per heavy atom. The summed E-state index contributed by atoms with van der Waals surface area (Å²) in [6.45, 7) is 6.87. The zero-order chi connectivity index (χ0) is 10.2. The van der Waals surface area contributed by atoms with Crippen molar-refractivity contribution in [1.29, 1.82) is 0 Å². The van der Waals surface area contributed by atoms with Crippen molar-refractivity contribution in [2.75, 3.05) is 6.61 Å². The number of hydrogen-bond acceptors (Lipinski definition) is 1. The molecule has 0 rings (SSSR count). The molecule has 1 nitrogen and oxygen atoms in total. The van der Waals surface area contributed by atoms with Gasteiger partial charge in [0, 0.05) is 6.61 Å². The predicted octanol–water partition coefficient (Wildman–Crippen LogP) is 2.36. The summed E-state index contributed by atoms with van der Waals surface area (Å²) in [6.07, 6.45) is 8.31. The lowest BCUT2D eigenvalue weighted by molar-refractivity contribution is 0.302. The topological polar surface area (TPSA) is 20.2 Å². The Morgan fingerprint density at radius 1 is 1.23 bits per heavy atom. The van der Waals surface area contributed by atoms with Gasteiger partial charge in [-0.1, -0.05) is 43.8 Å². The number of hydrogen-bond donors (Lipinski definition) is 1. The van der Waals surface area contributed by atoms with E-state index in [9.17, 15) is 0 Å². The standard InChI is InChI=1S/C11H18OSi/c1-13(2,3)11-9-7-5-4-6-8-10-12/h4-7,12H,8,10H2,1-3H3/b6-4+,7-5+. The van der Waals surface area contributed by atoms with E-state index in [4.69, 9.17) is 5.11 Å². The van der Waals surface area contributed by atoms with Crippen molar-refractivity contribution in [1.82, 2.24) is 0 Å². The molecule has 0 amide bonds. The molecule has 0 spiro atoms. The van der Waals surface area contributed by atoms with Crippen LogP contribution >= 0.6 is 0 Å². The maximum Gasteiger partial charge on any atom is 0.129 e. The summed E-state index contributed by atoms with van der Waals surface area (Å²) in [7, 11) is -1.21. The first-order chi connectivity index (χ1) is 6.06. The van der Waals surface area contributed by atoms with E-state index in [2.05, 4.69) is 31.1 Å². The summed E-state index contributed by atoms with van der Waals surface area (Å²) in [5.74, 6) is 3.02.